The molecule has 1 rings (SSSR count). The number of aromatic amines is 1. The number of nitrogens with one attached hydrogen (secondary N) is 2. The molecule has 17 heavy (non-hydrogen) atoms. The molecule has 0 aliphatic heterocycles. The predicted molar refractivity (Wildman–Crippen MR) is 59.8 cm³/mol. The van der Waals surface area contributed by atoms with E-state index in [0.29, 0.717) is 6.42 Å². The number of aliphatic carboxylic acids is 1. The minimum atomic E-state index is -3.59. The molecule has 0 radical (unpaired) electrons. The summed E-state index contributed by atoms with van der Waals surface area (Å²) < 4.78 is 25.7. The molecule has 96 valence electrons. The molecule has 0 aliphatic rings. The van der Waals surface area contributed by atoms with Gasteiger partial charge in [-0.2, -0.15) is 5.10 Å². The molecule has 0 bridgehead atoms. The lowest BCUT2D eigenvalue weighted by atomic mass is 10.0. The Morgan fingerprint density at radius 2 is 2.35 bits per heavy atom. The molecule has 1 atom stereocenters. The summed E-state index contributed by atoms with van der Waals surface area (Å²) in [7, 11) is -3.59. The lowest BCUT2D eigenvalue weighted by Gasteiger charge is -2.12. The molecule has 1 aromatic heterocycles. The number of aromatic nitrogens is 2. The average molecular weight is 261 g/mol. The molecular formula is C9H15N3O4S. The smallest absolute Gasteiger partial charge is 0.303 e. The number of nitrogens with zero attached hydrogens (tertiary/aromatic N) is 1. The highest BCUT2D eigenvalue weighted by Gasteiger charge is 2.18. The molecule has 0 fully saturated rings. The van der Waals surface area contributed by atoms with Crippen LogP contribution in [0, 0.1) is 5.92 Å². The lowest BCUT2D eigenvalue weighted by molar-refractivity contribution is -0.138. The zero-order chi connectivity index (χ0) is 12.9. The molecule has 0 amide bonds. The van der Waals surface area contributed by atoms with Crippen molar-refractivity contribution in [2.24, 2.45) is 5.92 Å². The van der Waals surface area contributed by atoms with Crippen LogP contribution in [0.1, 0.15) is 19.8 Å². The maximum atomic E-state index is 11.7. The molecule has 3 N–H and O–H groups in total. The molecule has 1 heterocycles. The highest BCUT2D eigenvalue weighted by molar-refractivity contribution is 7.89. The van der Waals surface area contributed by atoms with Crippen LogP contribution in [-0.2, 0) is 14.8 Å². The van der Waals surface area contributed by atoms with Gasteiger partial charge in [0.15, 0.2) is 0 Å². The van der Waals surface area contributed by atoms with E-state index in [4.69, 9.17) is 5.11 Å². The van der Waals surface area contributed by atoms with E-state index in [1.807, 2.05) is 6.92 Å². The van der Waals surface area contributed by atoms with Crippen molar-refractivity contribution in [2.45, 2.75) is 24.7 Å². The van der Waals surface area contributed by atoms with Gasteiger partial charge in [-0.05, 0) is 5.92 Å². The van der Waals surface area contributed by atoms with Crippen molar-refractivity contribution in [1.82, 2.24) is 14.9 Å². The molecule has 0 saturated carbocycles. The van der Waals surface area contributed by atoms with Gasteiger partial charge >= 0.3 is 5.97 Å². The Kier molecular flexibility index (Phi) is 4.64. The van der Waals surface area contributed by atoms with Crippen LogP contribution in [0.2, 0.25) is 0 Å². The van der Waals surface area contributed by atoms with Crippen LogP contribution < -0.4 is 4.72 Å². The molecule has 1 unspecified atom stereocenters. The minimum absolute atomic E-state index is 0.0441. The van der Waals surface area contributed by atoms with Gasteiger partial charge in [0.25, 0.3) is 0 Å². The fraction of sp³-hybridized carbons (Fsp3) is 0.556. The monoisotopic (exact) mass is 261 g/mol. The van der Waals surface area contributed by atoms with Crippen LogP contribution in [0.5, 0.6) is 0 Å². The zero-order valence-electron chi connectivity index (χ0n) is 9.38. The topological polar surface area (TPSA) is 112 Å². The first-order chi connectivity index (χ1) is 7.95. The molecule has 0 aromatic carbocycles. The Balaban J connectivity index is 2.57. The van der Waals surface area contributed by atoms with Crippen molar-refractivity contribution in [3.05, 3.63) is 12.4 Å². The fourth-order valence-electron chi connectivity index (χ4n) is 1.30. The van der Waals surface area contributed by atoms with Crippen LogP contribution in [-0.4, -0.2) is 36.2 Å². The van der Waals surface area contributed by atoms with Crippen molar-refractivity contribution in [1.29, 1.82) is 0 Å². The van der Waals surface area contributed by atoms with E-state index in [1.165, 1.54) is 12.4 Å². The number of carboxylic acid groups (broad SMARTS) is 1. The minimum Gasteiger partial charge on any atom is -0.481 e. The largest absolute Gasteiger partial charge is 0.481 e. The maximum absolute atomic E-state index is 11.7. The third kappa shape index (κ3) is 4.16. The van der Waals surface area contributed by atoms with Gasteiger partial charge in [-0.1, -0.05) is 13.3 Å². The summed E-state index contributed by atoms with van der Waals surface area (Å²) in [6.07, 6.45) is 3.01. The normalized spacial score (nSPS) is 13.5. The predicted octanol–water partition coefficient (Wildman–Crippen LogP) is 0.189. The van der Waals surface area contributed by atoms with E-state index in [-0.39, 0.29) is 23.8 Å². The second-order valence-corrected chi connectivity index (χ2v) is 5.42. The Morgan fingerprint density at radius 3 is 2.82 bits per heavy atom. The van der Waals surface area contributed by atoms with Gasteiger partial charge in [0.05, 0.1) is 6.20 Å². The molecular weight excluding hydrogens is 246 g/mol. The second kappa shape index (κ2) is 5.78. The maximum Gasteiger partial charge on any atom is 0.303 e. The Labute approximate surface area is 99.3 Å². The van der Waals surface area contributed by atoms with Crippen molar-refractivity contribution < 1.29 is 18.3 Å². The number of hydrogen-bond donors (Lipinski definition) is 3. The Morgan fingerprint density at radius 1 is 1.65 bits per heavy atom. The molecule has 0 saturated heterocycles. The SMILES string of the molecule is CCC(CNS(=O)(=O)c1cn[nH]c1)CC(=O)O. The fourth-order valence-corrected chi connectivity index (χ4v) is 2.33. The summed E-state index contributed by atoms with van der Waals surface area (Å²) in [6.45, 7) is 1.93. The van der Waals surface area contributed by atoms with Gasteiger partial charge in [-0.25, -0.2) is 13.1 Å². The Hall–Kier alpha value is -1.41. The first-order valence-corrected chi connectivity index (χ1v) is 6.64. The van der Waals surface area contributed by atoms with E-state index in [9.17, 15) is 13.2 Å². The third-order valence-electron chi connectivity index (χ3n) is 2.39. The molecule has 0 aliphatic carbocycles. The van der Waals surface area contributed by atoms with Crippen LogP contribution in [0.15, 0.2) is 17.3 Å². The van der Waals surface area contributed by atoms with Crippen LogP contribution in [0.3, 0.4) is 0 Å². The van der Waals surface area contributed by atoms with Gasteiger partial charge in [0.2, 0.25) is 10.0 Å². The van der Waals surface area contributed by atoms with Crippen molar-refractivity contribution in [3.63, 3.8) is 0 Å². The van der Waals surface area contributed by atoms with Crippen molar-refractivity contribution in [2.75, 3.05) is 6.54 Å². The number of carboxylic acids is 1. The zero-order valence-corrected chi connectivity index (χ0v) is 10.2. The first kappa shape index (κ1) is 13.7. The number of H-pyrrole nitrogens is 1. The average Bonchev–Trinajstić information content (AvgIpc) is 2.77. The van der Waals surface area contributed by atoms with Crippen molar-refractivity contribution in [3.8, 4) is 0 Å². The highest BCUT2D eigenvalue weighted by atomic mass is 32.2. The number of rotatable bonds is 7. The second-order valence-electron chi connectivity index (χ2n) is 3.66. The number of hydrogen-bond acceptors (Lipinski definition) is 4. The summed E-state index contributed by atoms with van der Waals surface area (Å²) in [6, 6.07) is 0. The van der Waals surface area contributed by atoms with Gasteiger partial charge in [-0.15, -0.1) is 0 Å². The Bertz CT molecular complexity index is 455. The lowest BCUT2D eigenvalue weighted by Crippen LogP contribution is -2.30. The summed E-state index contributed by atoms with van der Waals surface area (Å²) in [5, 5.41) is 14.6. The van der Waals surface area contributed by atoms with Crippen molar-refractivity contribution >= 4 is 16.0 Å². The standard InChI is InChI=1S/C9H15N3O4S/c1-2-7(3-9(13)14)4-12-17(15,16)8-5-10-11-6-8/h5-7,12H,2-4H2,1H3,(H,10,11)(H,13,14). The molecule has 7 nitrogen and oxygen atoms in total. The summed E-state index contributed by atoms with van der Waals surface area (Å²) in [5.41, 5.74) is 0. The van der Waals surface area contributed by atoms with Gasteiger partial charge < -0.3 is 5.11 Å². The van der Waals surface area contributed by atoms with Crippen LogP contribution in [0.25, 0.3) is 0 Å². The molecule has 1 aromatic rings. The first-order valence-electron chi connectivity index (χ1n) is 5.16. The highest BCUT2D eigenvalue weighted by Crippen LogP contribution is 2.10. The van der Waals surface area contributed by atoms with E-state index < -0.39 is 16.0 Å². The van der Waals surface area contributed by atoms with Gasteiger partial charge in [0, 0.05) is 19.2 Å². The summed E-state index contributed by atoms with van der Waals surface area (Å²) in [5.74, 6) is -1.14. The molecule has 8 heteroatoms. The van der Waals surface area contributed by atoms with E-state index in [2.05, 4.69) is 14.9 Å². The van der Waals surface area contributed by atoms with E-state index in [0.717, 1.165) is 0 Å². The van der Waals surface area contributed by atoms with Crippen LogP contribution in [0.4, 0.5) is 0 Å². The van der Waals surface area contributed by atoms with E-state index in [1.54, 1.807) is 0 Å². The third-order valence-corrected chi connectivity index (χ3v) is 3.78. The van der Waals surface area contributed by atoms with Crippen LogP contribution >= 0.6 is 0 Å². The number of sulfonamides is 1. The molecule has 0 spiro atoms. The summed E-state index contributed by atoms with van der Waals surface area (Å²) >= 11 is 0. The summed E-state index contributed by atoms with van der Waals surface area (Å²) in [4.78, 5) is 10.6. The van der Waals surface area contributed by atoms with E-state index >= 15 is 0 Å². The number of carbonyl (C=O) groups is 1. The van der Waals surface area contributed by atoms with Gasteiger partial charge in [-0.3, -0.25) is 9.89 Å². The van der Waals surface area contributed by atoms with Gasteiger partial charge in [0.1, 0.15) is 4.90 Å². The quantitative estimate of drug-likeness (QED) is 0.648.